The Balaban J connectivity index is 1.73. The largest absolute Gasteiger partial charge is 0.335 e. The molecule has 0 N–H and O–H groups in total. The topological polar surface area (TPSA) is 23.6 Å². The lowest BCUT2D eigenvalue weighted by Crippen LogP contribution is -2.46. The van der Waals surface area contributed by atoms with Gasteiger partial charge in [-0.3, -0.25) is 4.79 Å². The highest BCUT2D eigenvalue weighted by molar-refractivity contribution is 7.14. The number of fused-ring (bicyclic) bond motifs is 1. The summed E-state index contributed by atoms with van der Waals surface area (Å²) in [6.07, 6.45) is 7.61. The number of carbonyl (C=O) groups excluding carboxylic acids is 1. The summed E-state index contributed by atoms with van der Waals surface area (Å²) in [7, 11) is 2.12. The van der Waals surface area contributed by atoms with Gasteiger partial charge in [-0.15, -0.1) is 11.3 Å². The molecule has 3 nitrogen and oxygen atoms in total. The molecule has 0 unspecified atom stereocenters. The Labute approximate surface area is 125 Å². The third-order valence-electron chi connectivity index (χ3n) is 4.50. The van der Waals surface area contributed by atoms with Crippen LogP contribution in [0.5, 0.6) is 0 Å². The zero-order valence-corrected chi connectivity index (χ0v) is 13.2. The minimum absolute atomic E-state index is 0.259. The highest BCUT2D eigenvalue weighted by Crippen LogP contribution is 2.29. The van der Waals surface area contributed by atoms with Crippen molar-refractivity contribution >= 4 is 17.2 Å². The minimum Gasteiger partial charge on any atom is -0.335 e. The molecule has 0 saturated carbocycles. The molecular weight excluding hydrogens is 268 g/mol. The van der Waals surface area contributed by atoms with Crippen molar-refractivity contribution in [1.82, 2.24) is 9.80 Å². The molecule has 3 rings (SSSR count). The van der Waals surface area contributed by atoms with Gasteiger partial charge in [0.05, 0.1) is 4.88 Å². The lowest BCUT2D eigenvalue weighted by atomic mass is 10.00. The molecular formula is C16H24N2OS. The molecule has 1 aromatic rings. The lowest BCUT2D eigenvalue weighted by molar-refractivity contribution is 0.0669. The standard InChI is InChI=1S/C16H24N2OS/c1-17-8-10-18(11-9-17)16(19)15-12-13-6-4-2-3-5-7-14(13)20-15/h12H,2-11H2,1H3. The van der Waals surface area contributed by atoms with Gasteiger partial charge in [0.15, 0.2) is 0 Å². The van der Waals surface area contributed by atoms with Gasteiger partial charge in [0.1, 0.15) is 0 Å². The summed E-state index contributed by atoms with van der Waals surface area (Å²) in [6, 6.07) is 2.19. The molecule has 0 bridgehead atoms. The molecule has 1 saturated heterocycles. The second-order valence-electron chi connectivity index (χ2n) is 6.07. The van der Waals surface area contributed by atoms with E-state index in [1.54, 1.807) is 11.3 Å². The van der Waals surface area contributed by atoms with Gasteiger partial charge in [0.25, 0.3) is 5.91 Å². The fourth-order valence-corrected chi connectivity index (χ4v) is 4.34. The van der Waals surface area contributed by atoms with Crippen LogP contribution >= 0.6 is 11.3 Å². The first-order valence-corrected chi connectivity index (χ1v) is 8.65. The van der Waals surface area contributed by atoms with E-state index in [4.69, 9.17) is 0 Å². The van der Waals surface area contributed by atoms with E-state index < -0.39 is 0 Å². The zero-order chi connectivity index (χ0) is 13.9. The number of nitrogens with zero attached hydrogens (tertiary/aromatic N) is 2. The van der Waals surface area contributed by atoms with Gasteiger partial charge in [0.2, 0.25) is 0 Å². The van der Waals surface area contributed by atoms with Crippen LogP contribution in [0.4, 0.5) is 0 Å². The normalized spacial score (nSPS) is 21.1. The summed E-state index contributed by atoms with van der Waals surface area (Å²) in [5.74, 6) is 0.259. The molecule has 1 fully saturated rings. The number of aryl methyl sites for hydroxylation is 2. The third kappa shape index (κ3) is 3.07. The van der Waals surface area contributed by atoms with Crippen LogP contribution < -0.4 is 0 Å². The van der Waals surface area contributed by atoms with Crippen LogP contribution in [0.2, 0.25) is 0 Å². The summed E-state index contributed by atoms with van der Waals surface area (Å²) in [6.45, 7) is 3.74. The highest BCUT2D eigenvalue weighted by atomic mass is 32.1. The first-order valence-electron chi connectivity index (χ1n) is 7.83. The van der Waals surface area contributed by atoms with Crippen molar-refractivity contribution in [2.24, 2.45) is 0 Å². The van der Waals surface area contributed by atoms with Crippen LogP contribution in [-0.2, 0) is 12.8 Å². The number of piperazine rings is 1. The van der Waals surface area contributed by atoms with Crippen molar-refractivity contribution in [1.29, 1.82) is 0 Å². The molecule has 0 spiro atoms. The Kier molecular flexibility index (Phi) is 4.41. The summed E-state index contributed by atoms with van der Waals surface area (Å²) < 4.78 is 0. The molecule has 0 radical (unpaired) electrons. The Morgan fingerprint density at radius 3 is 2.50 bits per heavy atom. The Morgan fingerprint density at radius 2 is 1.75 bits per heavy atom. The van der Waals surface area contributed by atoms with Crippen LogP contribution in [0, 0.1) is 0 Å². The maximum atomic E-state index is 12.6. The van der Waals surface area contributed by atoms with Crippen LogP contribution in [0.1, 0.15) is 45.8 Å². The smallest absolute Gasteiger partial charge is 0.264 e. The zero-order valence-electron chi connectivity index (χ0n) is 12.4. The van der Waals surface area contributed by atoms with E-state index >= 15 is 0 Å². The molecule has 0 aromatic carbocycles. The van der Waals surface area contributed by atoms with Gasteiger partial charge in [-0.2, -0.15) is 0 Å². The van der Waals surface area contributed by atoms with Crippen LogP contribution in [0.3, 0.4) is 0 Å². The van der Waals surface area contributed by atoms with Gasteiger partial charge in [-0.05, 0) is 44.4 Å². The molecule has 1 aliphatic carbocycles. The van der Waals surface area contributed by atoms with Gasteiger partial charge in [-0.25, -0.2) is 0 Å². The second kappa shape index (κ2) is 6.27. The van der Waals surface area contributed by atoms with Gasteiger partial charge in [-0.1, -0.05) is 12.8 Å². The molecule has 2 aliphatic rings. The van der Waals surface area contributed by atoms with Crippen molar-refractivity contribution in [3.63, 3.8) is 0 Å². The SMILES string of the molecule is CN1CCN(C(=O)c2cc3c(s2)CCCCCC3)CC1. The van der Waals surface area contributed by atoms with E-state index in [9.17, 15) is 4.79 Å². The first kappa shape index (κ1) is 14.1. The fraction of sp³-hybridized carbons (Fsp3) is 0.688. The van der Waals surface area contributed by atoms with E-state index in [2.05, 4.69) is 18.0 Å². The summed E-state index contributed by atoms with van der Waals surface area (Å²) >= 11 is 1.76. The van der Waals surface area contributed by atoms with Crippen molar-refractivity contribution in [3.05, 3.63) is 21.4 Å². The number of hydrogen-bond donors (Lipinski definition) is 0. The number of amides is 1. The van der Waals surface area contributed by atoms with E-state index in [1.165, 1.54) is 49.0 Å². The fourth-order valence-electron chi connectivity index (χ4n) is 3.11. The quantitative estimate of drug-likeness (QED) is 0.794. The molecule has 20 heavy (non-hydrogen) atoms. The number of rotatable bonds is 1. The molecule has 1 aromatic heterocycles. The van der Waals surface area contributed by atoms with Crippen molar-refractivity contribution < 1.29 is 4.79 Å². The molecule has 0 atom stereocenters. The number of hydrogen-bond acceptors (Lipinski definition) is 3. The van der Waals surface area contributed by atoms with Gasteiger partial charge in [0, 0.05) is 31.1 Å². The summed E-state index contributed by atoms with van der Waals surface area (Å²) in [4.78, 5) is 19.4. The number of likely N-dealkylation sites (N-methyl/N-ethyl adjacent to an activating group) is 1. The molecule has 110 valence electrons. The Bertz CT molecular complexity index is 449. The predicted molar refractivity (Wildman–Crippen MR) is 83.6 cm³/mol. The second-order valence-corrected chi connectivity index (χ2v) is 7.21. The maximum absolute atomic E-state index is 12.6. The van der Waals surface area contributed by atoms with Crippen LogP contribution in [0.25, 0.3) is 0 Å². The number of carbonyl (C=O) groups is 1. The van der Waals surface area contributed by atoms with E-state index in [-0.39, 0.29) is 5.91 Å². The summed E-state index contributed by atoms with van der Waals surface area (Å²) in [5, 5.41) is 0. The first-order chi connectivity index (χ1) is 9.74. The van der Waals surface area contributed by atoms with Crippen molar-refractivity contribution in [3.8, 4) is 0 Å². The average molecular weight is 292 g/mol. The Morgan fingerprint density at radius 1 is 1.05 bits per heavy atom. The monoisotopic (exact) mass is 292 g/mol. The van der Waals surface area contributed by atoms with Crippen LogP contribution in [-0.4, -0.2) is 48.9 Å². The lowest BCUT2D eigenvalue weighted by Gasteiger charge is -2.32. The van der Waals surface area contributed by atoms with E-state index in [0.717, 1.165) is 31.1 Å². The molecule has 4 heteroatoms. The molecule has 1 amide bonds. The van der Waals surface area contributed by atoms with E-state index in [0.29, 0.717) is 0 Å². The maximum Gasteiger partial charge on any atom is 0.264 e. The van der Waals surface area contributed by atoms with E-state index in [1.807, 2.05) is 4.90 Å². The summed E-state index contributed by atoms with van der Waals surface area (Å²) in [5.41, 5.74) is 1.45. The van der Waals surface area contributed by atoms with Crippen LogP contribution in [0.15, 0.2) is 6.07 Å². The number of thiophene rings is 1. The van der Waals surface area contributed by atoms with Crippen molar-refractivity contribution in [2.45, 2.75) is 38.5 Å². The average Bonchev–Trinajstić information content (AvgIpc) is 2.81. The molecule has 2 heterocycles. The highest BCUT2D eigenvalue weighted by Gasteiger charge is 2.23. The Hall–Kier alpha value is -0.870. The van der Waals surface area contributed by atoms with Gasteiger partial charge >= 0.3 is 0 Å². The minimum atomic E-state index is 0.259. The molecule has 1 aliphatic heterocycles. The third-order valence-corrected chi connectivity index (χ3v) is 5.72. The van der Waals surface area contributed by atoms with Crippen molar-refractivity contribution in [2.75, 3.05) is 33.2 Å². The van der Waals surface area contributed by atoms with Gasteiger partial charge < -0.3 is 9.80 Å². The predicted octanol–water partition coefficient (Wildman–Crippen LogP) is 2.79.